The van der Waals surface area contributed by atoms with Crippen molar-refractivity contribution in [1.29, 1.82) is 0 Å². The van der Waals surface area contributed by atoms with Gasteiger partial charge in [-0.1, -0.05) is 24.3 Å². The minimum atomic E-state index is -4.65. The largest absolute Gasteiger partial charge is 0.421 e. The van der Waals surface area contributed by atoms with Gasteiger partial charge < -0.3 is 0 Å². The number of fused-ring (bicyclic) bond motifs is 1. The fourth-order valence-corrected chi connectivity index (χ4v) is 3.30. The van der Waals surface area contributed by atoms with Crippen LogP contribution in [0.5, 0.6) is 0 Å². The summed E-state index contributed by atoms with van der Waals surface area (Å²) in [6, 6.07) is 8.94. The zero-order chi connectivity index (χ0) is 17.6. The van der Waals surface area contributed by atoms with E-state index in [0.717, 1.165) is 35.6 Å². The van der Waals surface area contributed by atoms with Crippen LogP contribution in [0.2, 0.25) is 0 Å². The Balaban J connectivity index is 1.64. The molecule has 132 valence electrons. The van der Waals surface area contributed by atoms with Crippen molar-refractivity contribution in [2.45, 2.75) is 44.6 Å². The van der Waals surface area contributed by atoms with E-state index in [1.807, 2.05) is 23.1 Å². The van der Waals surface area contributed by atoms with Gasteiger partial charge in [-0.15, -0.1) is 0 Å². The molecular formula is C18H18F3N3O. The third-order valence-electron chi connectivity index (χ3n) is 4.84. The molecule has 1 fully saturated rings. The third-order valence-corrected chi connectivity index (χ3v) is 4.84. The molecule has 2 aromatic rings. The van der Waals surface area contributed by atoms with Gasteiger partial charge in [-0.3, -0.25) is 9.69 Å². The number of benzene rings is 1. The average molecular weight is 349 g/mol. The molecule has 2 heterocycles. The molecule has 2 aliphatic rings. The predicted octanol–water partition coefficient (Wildman–Crippen LogP) is 3.16. The molecule has 0 atom stereocenters. The van der Waals surface area contributed by atoms with Gasteiger partial charge in [-0.2, -0.15) is 18.3 Å². The minimum absolute atomic E-state index is 0.0510. The summed E-state index contributed by atoms with van der Waals surface area (Å²) < 4.78 is 40.6. The Hall–Kier alpha value is -2.15. The summed E-state index contributed by atoms with van der Waals surface area (Å²) in [7, 11) is 0. The Morgan fingerprint density at radius 2 is 1.88 bits per heavy atom. The molecule has 0 amide bonds. The summed E-state index contributed by atoms with van der Waals surface area (Å²) in [5.74, 6) is 0.0510. The topological polar surface area (TPSA) is 38.1 Å². The lowest BCUT2D eigenvalue weighted by molar-refractivity contribution is -0.139. The normalized spacial score (nSPS) is 18.2. The summed E-state index contributed by atoms with van der Waals surface area (Å²) in [5.41, 5.74) is 0.611. The number of nitrogens with zero attached hydrogens (tertiary/aromatic N) is 3. The highest BCUT2D eigenvalue weighted by Crippen LogP contribution is 2.40. The molecule has 4 nitrogen and oxygen atoms in total. The van der Waals surface area contributed by atoms with Crippen LogP contribution in [0.1, 0.15) is 41.1 Å². The van der Waals surface area contributed by atoms with E-state index >= 15 is 0 Å². The van der Waals surface area contributed by atoms with Crippen LogP contribution < -0.4 is 5.56 Å². The van der Waals surface area contributed by atoms with E-state index in [-0.39, 0.29) is 12.6 Å². The molecule has 1 aliphatic carbocycles. The van der Waals surface area contributed by atoms with E-state index < -0.39 is 17.3 Å². The van der Waals surface area contributed by atoms with Gasteiger partial charge >= 0.3 is 6.18 Å². The number of aromatic nitrogens is 2. The van der Waals surface area contributed by atoms with Crippen molar-refractivity contribution in [2.75, 3.05) is 6.54 Å². The monoisotopic (exact) mass is 349 g/mol. The standard InChI is InChI=1S/C18H18F3N3O/c19-18(20,21)15-9-16(13-5-6-13)22-24(17(15)25)11-23-8-7-12-3-1-2-4-14(12)10-23/h1-4,9,13H,5-8,10-11H2. The first-order valence-corrected chi connectivity index (χ1v) is 8.40. The summed E-state index contributed by atoms with van der Waals surface area (Å²) in [4.78, 5) is 14.2. The van der Waals surface area contributed by atoms with E-state index in [1.54, 1.807) is 0 Å². The summed E-state index contributed by atoms with van der Waals surface area (Å²) in [5, 5.41) is 4.22. The van der Waals surface area contributed by atoms with Crippen LogP contribution in [0.3, 0.4) is 0 Å². The number of hydrogen-bond donors (Lipinski definition) is 0. The second kappa shape index (κ2) is 5.98. The Morgan fingerprint density at radius 3 is 2.56 bits per heavy atom. The van der Waals surface area contributed by atoms with E-state index in [1.165, 1.54) is 5.56 Å². The van der Waals surface area contributed by atoms with Crippen molar-refractivity contribution in [1.82, 2.24) is 14.7 Å². The lowest BCUT2D eigenvalue weighted by Gasteiger charge is -2.29. The maximum absolute atomic E-state index is 13.2. The number of rotatable bonds is 3. The summed E-state index contributed by atoms with van der Waals surface area (Å²) in [6.07, 6.45) is -2.17. The van der Waals surface area contributed by atoms with Gasteiger partial charge in [0.15, 0.2) is 0 Å². The quantitative estimate of drug-likeness (QED) is 0.854. The molecule has 4 rings (SSSR count). The van der Waals surface area contributed by atoms with Gasteiger partial charge in [0, 0.05) is 19.0 Å². The average Bonchev–Trinajstić information content (AvgIpc) is 3.40. The molecule has 7 heteroatoms. The van der Waals surface area contributed by atoms with Crippen molar-refractivity contribution in [3.63, 3.8) is 0 Å². The molecule has 0 N–H and O–H groups in total. The zero-order valence-electron chi connectivity index (χ0n) is 13.6. The lowest BCUT2D eigenvalue weighted by atomic mass is 10.0. The molecule has 1 aromatic heterocycles. The van der Waals surface area contributed by atoms with Crippen molar-refractivity contribution >= 4 is 0 Å². The van der Waals surface area contributed by atoms with E-state index in [4.69, 9.17) is 0 Å². The maximum atomic E-state index is 13.2. The van der Waals surface area contributed by atoms with Gasteiger partial charge in [-0.05, 0) is 36.5 Å². The highest BCUT2D eigenvalue weighted by molar-refractivity contribution is 5.29. The van der Waals surface area contributed by atoms with Crippen molar-refractivity contribution in [2.24, 2.45) is 0 Å². The Morgan fingerprint density at radius 1 is 1.16 bits per heavy atom. The summed E-state index contributed by atoms with van der Waals surface area (Å²) in [6.45, 7) is 1.39. The second-order valence-electron chi connectivity index (χ2n) is 6.77. The molecule has 25 heavy (non-hydrogen) atoms. The first-order chi connectivity index (χ1) is 11.9. The third kappa shape index (κ3) is 3.33. The van der Waals surface area contributed by atoms with Gasteiger partial charge in [0.25, 0.3) is 5.56 Å². The van der Waals surface area contributed by atoms with Crippen molar-refractivity contribution in [3.8, 4) is 0 Å². The van der Waals surface area contributed by atoms with Gasteiger partial charge in [0.2, 0.25) is 0 Å². The maximum Gasteiger partial charge on any atom is 0.421 e. The first-order valence-electron chi connectivity index (χ1n) is 8.40. The number of hydrogen-bond acceptors (Lipinski definition) is 3. The van der Waals surface area contributed by atoms with Crippen LogP contribution in [0.15, 0.2) is 35.1 Å². The van der Waals surface area contributed by atoms with Crippen LogP contribution in [0.4, 0.5) is 13.2 Å². The molecule has 1 aliphatic heterocycles. The highest BCUT2D eigenvalue weighted by Gasteiger charge is 2.37. The SMILES string of the molecule is O=c1c(C(F)(F)F)cc(C2CC2)nn1CN1CCc2ccccc2C1. The van der Waals surface area contributed by atoms with E-state index in [2.05, 4.69) is 11.2 Å². The van der Waals surface area contributed by atoms with Crippen LogP contribution in [-0.4, -0.2) is 21.2 Å². The minimum Gasteiger partial charge on any atom is -0.280 e. The van der Waals surface area contributed by atoms with Crippen molar-refractivity contribution in [3.05, 3.63) is 63.1 Å². The molecule has 0 bridgehead atoms. The lowest BCUT2D eigenvalue weighted by Crippen LogP contribution is -2.39. The Kier molecular flexibility index (Phi) is 3.91. The summed E-state index contributed by atoms with van der Waals surface area (Å²) >= 11 is 0. The molecule has 1 saturated carbocycles. The fourth-order valence-electron chi connectivity index (χ4n) is 3.30. The number of halogens is 3. The molecule has 1 aromatic carbocycles. The molecular weight excluding hydrogens is 331 g/mol. The van der Waals surface area contributed by atoms with Crippen molar-refractivity contribution < 1.29 is 13.2 Å². The predicted molar refractivity (Wildman–Crippen MR) is 86.0 cm³/mol. The van der Waals surface area contributed by atoms with Gasteiger partial charge in [0.05, 0.1) is 12.4 Å². The van der Waals surface area contributed by atoms with Crippen LogP contribution in [-0.2, 0) is 25.8 Å². The van der Waals surface area contributed by atoms with Crippen LogP contribution >= 0.6 is 0 Å². The second-order valence-corrected chi connectivity index (χ2v) is 6.77. The van der Waals surface area contributed by atoms with Crippen LogP contribution in [0, 0.1) is 0 Å². The molecule has 0 unspecified atom stereocenters. The highest BCUT2D eigenvalue weighted by atomic mass is 19.4. The van der Waals surface area contributed by atoms with Crippen LogP contribution in [0.25, 0.3) is 0 Å². The smallest absolute Gasteiger partial charge is 0.280 e. The van der Waals surface area contributed by atoms with Gasteiger partial charge in [0.1, 0.15) is 5.56 Å². The molecule has 0 spiro atoms. The zero-order valence-corrected chi connectivity index (χ0v) is 13.6. The Labute approximate surface area is 142 Å². The first kappa shape index (κ1) is 16.3. The van der Waals surface area contributed by atoms with Gasteiger partial charge in [-0.25, -0.2) is 4.68 Å². The van der Waals surface area contributed by atoms with E-state index in [9.17, 15) is 18.0 Å². The Bertz CT molecular complexity index is 855. The molecule has 0 saturated heterocycles. The molecule has 0 radical (unpaired) electrons. The van der Waals surface area contributed by atoms with E-state index in [0.29, 0.717) is 18.8 Å². The fraction of sp³-hybridized carbons (Fsp3) is 0.444. The number of alkyl halides is 3.